The van der Waals surface area contributed by atoms with Crippen molar-refractivity contribution in [3.63, 3.8) is 0 Å². The van der Waals surface area contributed by atoms with E-state index in [4.69, 9.17) is 4.74 Å². The summed E-state index contributed by atoms with van der Waals surface area (Å²) in [6, 6.07) is 19.9. The summed E-state index contributed by atoms with van der Waals surface area (Å²) in [5, 5.41) is 8.82. The van der Waals surface area contributed by atoms with Crippen molar-refractivity contribution in [2.45, 2.75) is 13.5 Å². The van der Waals surface area contributed by atoms with E-state index in [9.17, 15) is 14.4 Å². The van der Waals surface area contributed by atoms with Gasteiger partial charge >= 0.3 is 6.03 Å². The first-order valence-electron chi connectivity index (χ1n) is 12.9. The number of ether oxygens (including phenoxy) is 1. The quantitative estimate of drug-likeness (QED) is 0.313. The highest BCUT2D eigenvalue weighted by molar-refractivity contribution is 5.96. The van der Waals surface area contributed by atoms with Gasteiger partial charge in [-0.3, -0.25) is 14.5 Å². The molecule has 0 atom stereocenters. The highest BCUT2D eigenvalue weighted by atomic mass is 16.5. The van der Waals surface area contributed by atoms with Crippen molar-refractivity contribution in [1.29, 1.82) is 0 Å². The molecule has 0 aliphatic carbocycles. The second-order valence-electron chi connectivity index (χ2n) is 9.46. The zero-order chi connectivity index (χ0) is 28.2. The molecule has 1 aliphatic heterocycles. The highest BCUT2D eigenvalue weighted by Gasteiger charge is 2.24. The second-order valence-corrected chi connectivity index (χ2v) is 9.46. The van der Waals surface area contributed by atoms with Gasteiger partial charge in [-0.25, -0.2) is 9.78 Å². The number of hydrogen-bond donors (Lipinski definition) is 3. The molecular weight excluding hydrogens is 508 g/mol. The summed E-state index contributed by atoms with van der Waals surface area (Å²) in [5.41, 5.74) is 4.88. The average Bonchev–Trinajstić information content (AvgIpc) is 3.40. The summed E-state index contributed by atoms with van der Waals surface area (Å²) >= 11 is 0. The highest BCUT2D eigenvalue weighted by Crippen LogP contribution is 2.31. The Bertz CT molecular complexity index is 1610. The van der Waals surface area contributed by atoms with Crippen LogP contribution < -0.4 is 31.1 Å². The van der Waals surface area contributed by atoms with Crippen LogP contribution in [-0.4, -0.2) is 41.7 Å². The zero-order valence-electron chi connectivity index (χ0n) is 22.5. The normalized spacial score (nSPS) is 12.7. The number of aryl methyl sites for hydroxylation is 1. The molecule has 10 nitrogen and oxygen atoms in total. The number of carbonyl (C=O) groups is 2. The van der Waals surface area contributed by atoms with Gasteiger partial charge in [0.2, 0.25) is 0 Å². The van der Waals surface area contributed by atoms with Gasteiger partial charge in [-0.1, -0.05) is 24.3 Å². The Morgan fingerprint density at radius 3 is 2.48 bits per heavy atom. The van der Waals surface area contributed by atoms with Crippen molar-refractivity contribution in [1.82, 2.24) is 20.2 Å². The molecule has 0 bridgehead atoms. The van der Waals surface area contributed by atoms with E-state index < -0.39 is 0 Å². The summed E-state index contributed by atoms with van der Waals surface area (Å²) in [4.78, 5) is 44.1. The number of nitrogens with one attached hydrogen (secondary N) is 3. The van der Waals surface area contributed by atoms with Crippen LogP contribution in [0.4, 0.5) is 22.0 Å². The standard InChI is InChI=1S/C30H30N6O4/c1-19-24(5-4-6-26(19)36-16-15-31-30(36)39)25-18-35(2)29(38)27(34-25)33-22-11-9-21(10-12-22)28(37)32-17-20-7-13-23(40-3)14-8-20/h4-14,18H,15-17H2,1-3H3,(H,31,39)(H,32,37)(H,33,34). The zero-order valence-corrected chi connectivity index (χ0v) is 22.5. The topological polar surface area (TPSA) is 118 Å². The van der Waals surface area contributed by atoms with Crippen molar-refractivity contribution in [2.24, 2.45) is 7.05 Å². The van der Waals surface area contributed by atoms with Crippen LogP contribution in [0.1, 0.15) is 21.5 Å². The summed E-state index contributed by atoms with van der Waals surface area (Å²) < 4.78 is 6.63. The van der Waals surface area contributed by atoms with Gasteiger partial charge < -0.3 is 25.3 Å². The fourth-order valence-corrected chi connectivity index (χ4v) is 4.58. The summed E-state index contributed by atoms with van der Waals surface area (Å²) in [6.45, 7) is 3.51. The minimum atomic E-state index is -0.294. The predicted molar refractivity (Wildman–Crippen MR) is 154 cm³/mol. The van der Waals surface area contributed by atoms with Crippen LogP contribution in [-0.2, 0) is 13.6 Å². The van der Waals surface area contributed by atoms with Crippen molar-refractivity contribution in [3.05, 3.63) is 100.0 Å². The van der Waals surface area contributed by atoms with Crippen molar-refractivity contribution < 1.29 is 14.3 Å². The molecule has 204 valence electrons. The molecule has 4 aromatic rings. The van der Waals surface area contributed by atoms with E-state index in [1.807, 2.05) is 49.4 Å². The number of hydrogen-bond acceptors (Lipinski definition) is 6. The molecule has 0 saturated carbocycles. The minimum Gasteiger partial charge on any atom is -0.497 e. The lowest BCUT2D eigenvalue weighted by atomic mass is 10.0. The molecule has 1 aromatic heterocycles. The Labute approximate surface area is 231 Å². The molecule has 3 aromatic carbocycles. The maximum absolute atomic E-state index is 12.9. The third-order valence-corrected chi connectivity index (χ3v) is 6.82. The number of rotatable bonds is 8. The van der Waals surface area contributed by atoms with Gasteiger partial charge in [0, 0.05) is 55.4 Å². The van der Waals surface area contributed by atoms with Gasteiger partial charge in [-0.15, -0.1) is 0 Å². The van der Waals surface area contributed by atoms with E-state index in [0.29, 0.717) is 36.6 Å². The van der Waals surface area contributed by atoms with E-state index in [0.717, 1.165) is 28.1 Å². The molecule has 1 saturated heterocycles. The van der Waals surface area contributed by atoms with Crippen LogP contribution >= 0.6 is 0 Å². The van der Waals surface area contributed by atoms with Gasteiger partial charge in [0.25, 0.3) is 11.5 Å². The maximum Gasteiger partial charge on any atom is 0.322 e. The molecule has 0 radical (unpaired) electrons. The third kappa shape index (κ3) is 5.51. The number of benzene rings is 3. The molecule has 40 heavy (non-hydrogen) atoms. The monoisotopic (exact) mass is 538 g/mol. The lowest BCUT2D eigenvalue weighted by Gasteiger charge is -2.19. The molecule has 10 heteroatoms. The molecule has 0 unspecified atom stereocenters. The Kier molecular flexibility index (Phi) is 7.50. The SMILES string of the molecule is COc1ccc(CNC(=O)c2ccc(Nc3nc(-c4cccc(N5CCNC5=O)c4C)cn(C)c3=O)cc2)cc1. The first-order valence-corrected chi connectivity index (χ1v) is 12.9. The van der Waals surface area contributed by atoms with Crippen LogP contribution in [0.25, 0.3) is 11.3 Å². The van der Waals surface area contributed by atoms with Crippen LogP contribution in [0.15, 0.2) is 77.7 Å². The van der Waals surface area contributed by atoms with Gasteiger partial charge in [0.15, 0.2) is 5.82 Å². The van der Waals surface area contributed by atoms with Crippen molar-refractivity contribution >= 4 is 29.1 Å². The molecule has 1 fully saturated rings. The van der Waals surface area contributed by atoms with E-state index >= 15 is 0 Å². The van der Waals surface area contributed by atoms with E-state index in [-0.39, 0.29) is 23.3 Å². The summed E-state index contributed by atoms with van der Waals surface area (Å²) in [5.74, 6) is 0.702. The number of urea groups is 1. The van der Waals surface area contributed by atoms with Gasteiger partial charge in [0.05, 0.1) is 12.8 Å². The predicted octanol–water partition coefficient (Wildman–Crippen LogP) is 3.97. The molecule has 0 spiro atoms. The fraction of sp³-hybridized carbons (Fsp3) is 0.200. The molecular formula is C30H30N6O4. The number of methoxy groups -OCH3 is 1. The second kappa shape index (κ2) is 11.3. The van der Waals surface area contributed by atoms with E-state index in [1.165, 1.54) is 4.57 Å². The molecule has 5 rings (SSSR count). The van der Waals surface area contributed by atoms with Crippen LogP contribution in [0.3, 0.4) is 0 Å². The fourth-order valence-electron chi connectivity index (χ4n) is 4.58. The maximum atomic E-state index is 12.9. The first kappa shape index (κ1) is 26.5. The lowest BCUT2D eigenvalue weighted by Crippen LogP contribution is -2.28. The number of aromatic nitrogens is 2. The lowest BCUT2D eigenvalue weighted by molar-refractivity contribution is 0.0951. The largest absolute Gasteiger partial charge is 0.497 e. The Hall–Kier alpha value is -5.12. The van der Waals surface area contributed by atoms with Crippen molar-refractivity contribution in [3.8, 4) is 17.0 Å². The smallest absolute Gasteiger partial charge is 0.322 e. The van der Waals surface area contributed by atoms with Crippen molar-refractivity contribution in [2.75, 3.05) is 30.4 Å². The van der Waals surface area contributed by atoms with E-state index in [2.05, 4.69) is 20.9 Å². The Balaban J connectivity index is 1.32. The summed E-state index contributed by atoms with van der Waals surface area (Å²) in [6.07, 6.45) is 1.68. The van der Waals surface area contributed by atoms with E-state index in [1.54, 1.807) is 49.5 Å². The molecule has 3 amide bonds. The summed E-state index contributed by atoms with van der Waals surface area (Å²) in [7, 11) is 3.28. The number of carbonyl (C=O) groups excluding carboxylic acids is 2. The third-order valence-electron chi connectivity index (χ3n) is 6.82. The number of nitrogens with zero attached hydrogens (tertiary/aromatic N) is 3. The molecule has 1 aliphatic rings. The first-order chi connectivity index (χ1) is 19.3. The molecule has 2 heterocycles. The van der Waals surface area contributed by atoms with Gasteiger partial charge in [-0.2, -0.15) is 0 Å². The van der Waals surface area contributed by atoms with Gasteiger partial charge in [-0.05, 0) is 60.5 Å². The van der Waals surface area contributed by atoms with Crippen LogP contribution in [0, 0.1) is 6.92 Å². The average molecular weight is 539 g/mol. The Morgan fingerprint density at radius 1 is 1.05 bits per heavy atom. The number of anilines is 3. The Morgan fingerprint density at radius 2 is 1.80 bits per heavy atom. The number of amides is 3. The molecule has 3 N–H and O–H groups in total. The van der Waals surface area contributed by atoms with Gasteiger partial charge in [0.1, 0.15) is 5.75 Å². The van der Waals surface area contributed by atoms with Crippen LogP contribution in [0.2, 0.25) is 0 Å². The van der Waals surface area contributed by atoms with Crippen LogP contribution in [0.5, 0.6) is 5.75 Å². The minimum absolute atomic E-state index is 0.131.